The average Bonchev–Trinajstić information content (AvgIpc) is 1.59. The van der Waals surface area contributed by atoms with Gasteiger partial charge in [-0.1, -0.05) is 0 Å². The summed E-state index contributed by atoms with van der Waals surface area (Å²) in [4.78, 5) is 35.2. The number of rotatable bonds is 2. The molecule has 0 aromatic carbocycles. The van der Waals surface area contributed by atoms with Gasteiger partial charge in [0.1, 0.15) is 0 Å². The molecule has 1 atom stereocenters. The van der Waals surface area contributed by atoms with Crippen molar-refractivity contribution in [3.63, 3.8) is 0 Å². The Hall–Kier alpha value is 2.26. The van der Waals surface area contributed by atoms with Crippen molar-refractivity contribution in [1.82, 2.24) is 0 Å². The van der Waals surface area contributed by atoms with Crippen LogP contribution in [0.5, 0.6) is 0 Å². The minimum absolute atomic E-state index is 0. The molecule has 0 saturated heterocycles. The molecule has 0 aliphatic carbocycles. The zero-order chi connectivity index (χ0) is 8.58. The first kappa shape index (κ1) is 19.8. The topological polar surface area (TPSA) is 141 Å². The van der Waals surface area contributed by atoms with Crippen LogP contribution in [0.2, 0.25) is 0 Å². The fraction of sp³-hybridized carbons (Fsp3) is 1.00. The van der Waals surface area contributed by atoms with Crippen molar-refractivity contribution in [2.24, 2.45) is 0 Å². The van der Waals surface area contributed by atoms with E-state index in [1.165, 1.54) is 0 Å². The van der Waals surface area contributed by atoms with E-state index >= 15 is 0 Å². The summed E-state index contributed by atoms with van der Waals surface area (Å²) in [5.41, 5.74) is -3.13. The number of aliphatic hydroxyl groups excluding tert-OH is 1. The zero-order valence-electron chi connectivity index (χ0n) is 6.45. The Morgan fingerprint density at radius 2 is 1.33 bits per heavy atom. The van der Waals surface area contributed by atoms with Crippen LogP contribution in [0.4, 0.5) is 0 Å². The molecule has 0 heterocycles. The molecule has 62 valence electrons. The third-order valence-corrected chi connectivity index (χ3v) is 3.50. The molecule has 0 aromatic heterocycles. The molecule has 11 heteroatoms. The maximum atomic E-state index is 9.85. The molecule has 0 amide bonds. The molecule has 12 heavy (non-hydrogen) atoms. The predicted molar refractivity (Wildman–Crippen MR) is 25.7 cm³/mol. The van der Waals surface area contributed by atoms with E-state index in [2.05, 4.69) is 0 Å². The van der Waals surface area contributed by atoms with Crippen LogP contribution in [0.25, 0.3) is 0 Å². The van der Waals surface area contributed by atoms with Crippen LogP contribution in [0.1, 0.15) is 0 Å². The van der Waals surface area contributed by atoms with Crippen molar-refractivity contribution in [3.05, 3.63) is 0 Å². The molecule has 0 saturated carbocycles. The fourth-order valence-electron chi connectivity index (χ4n) is 0.184. The summed E-state index contributed by atoms with van der Waals surface area (Å²) < 4.78 is 19.6. The number of aliphatic hydroxyl groups is 1. The number of hydrogen-bond acceptors (Lipinski definition) is 5. The van der Waals surface area contributed by atoms with Gasteiger partial charge in [0.05, 0.1) is 0 Å². The van der Waals surface area contributed by atoms with E-state index in [-0.39, 0.29) is 59.1 Å². The van der Waals surface area contributed by atoms with Gasteiger partial charge in [-0.05, 0) is 7.60 Å². The van der Waals surface area contributed by atoms with E-state index in [4.69, 9.17) is 14.9 Å². The quantitative estimate of drug-likeness (QED) is 0.319. The zero-order valence-corrected chi connectivity index (χ0v) is 12.2. The normalized spacial score (nSPS) is 14.1. The molecule has 0 rings (SSSR count). The Balaban J connectivity index is -0.000000405. The summed E-state index contributed by atoms with van der Waals surface area (Å²) in [6, 6.07) is 0. The Morgan fingerprint density at radius 1 is 1.08 bits per heavy atom. The monoisotopic (exact) mass is 236 g/mol. The Morgan fingerprint density at radius 3 is 1.33 bits per heavy atom. The Bertz CT molecular complexity index is 181. The third-order valence-electron chi connectivity index (χ3n) is 0.584. The van der Waals surface area contributed by atoms with Gasteiger partial charge in [-0.2, -0.15) is 0 Å². The molecule has 0 radical (unpaired) electrons. The van der Waals surface area contributed by atoms with Crippen LogP contribution in [0.3, 0.4) is 0 Å². The van der Waals surface area contributed by atoms with Crippen LogP contribution in [0.15, 0.2) is 0 Å². The maximum absolute atomic E-state index is 9.85. The number of hydrogen-bond donors (Lipinski definition) is 3. The minimum Gasteiger partial charge on any atom is -0.808 e. The van der Waals surface area contributed by atoms with E-state index < -0.39 is 20.8 Å². The molecule has 7 nitrogen and oxygen atoms in total. The molecule has 3 N–H and O–H groups in total. The second kappa shape index (κ2) is 6.69. The molecular weight excluding hydrogens is 232 g/mol. The van der Waals surface area contributed by atoms with Crippen molar-refractivity contribution < 1.29 is 92.9 Å². The summed E-state index contributed by atoms with van der Waals surface area (Å²) in [5, 5.41) is 8.07. The van der Waals surface area contributed by atoms with Crippen molar-refractivity contribution in [2.75, 3.05) is 0 Å². The smallest absolute Gasteiger partial charge is 0.808 e. The van der Waals surface area contributed by atoms with E-state index in [9.17, 15) is 18.9 Å². The van der Waals surface area contributed by atoms with E-state index in [0.29, 0.717) is 0 Å². The Labute approximate surface area is 112 Å². The van der Waals surface area contributed by atoms with Gasteiger partial charge < -0.3 is 29.2 Å². The van der Waals surface area contributed by atoms with Gasteiger partial charge in [0.2, 0.25) is 0 Å². The standard InChI is InChI=1S/CH6O7P2.2Na/c2-1(9(3,4)5)10(6,7)8;;/h1-2H,(H2,3,4,5)(H2,6,7,8);;/q;2*+1/p-2. The molecule has 0 fully saturated rings. The Kier molecular flexibility index (Phi) is 11.0. The molecule has 1 unspecified atom stereocenters. The van der Waals surface area contributed by atoms with Crippen molar-refractivity contribution in [2.45, 2.75) is 5.59 Å². The summed E-state index contributed by atoms with van der Waals surface area (Å²) in [5.74, 6) is 0. The summed E-state index contributed by atoms with van der Waals surface area (Å²) in [6.45, 7) is 0. The van der Waals surface area contributed by atoms with Gasteiger partial charge >= 0.3 is 66.7 Å². The van der Waals surface area contributed by atoms with Crippen molar-refractivity contribution >= 4 is 15.2 Å². The van der Waals surface area contributed by atoms with Gasteiger partial charge in [0.25, 0.3) is 0 Å². The predicted octanol–water partition coefficient (Wildman–Crippen LogP) is -8.64. The maximum Gasteiger partial charge on any atom is 1.00 e. The van der Waals surface area contributed by atoms with Crippen LogP contribution in [-0.2, 0) is 9.13 Å². The molecule has 0 aliphatic heterocycles. The van der Waals surface area contributed by atoms with Gasteiger partial charge in [-0.15, -0.1) is 0 Å². The summed E-state index contributed by atoms with van der Waals surface area (Å²) in [7, 11) is -10.8. The van der Waals surface area contributed by atoms with Gasteiger partial charge in [-0.25, -0.2) is 0 Å². The molecular formula is CH4Na2O7P2. The van der Waals surface area contributed by atoms with Crippen LogP contribution < -0.4 is 68.9 Å². The van der Waals surface area contributed by atoms with Crippen LogP contribution in [0, 0.1) is 0 Å². The van der Waals surface area contributed by atoms with Crippen LogP contribution in [-0.4, -0.2) is 20.5 Å². The first-order valence-electron chi connectivity index (χ1n) is 1.90. The largest absolute Gasteiger partial charge is 1.00 e. The van der Waals surface area contributed by atoms with E-state index in [1.54, 1.807) is 0 Å². The van der Waals surface area contributed by atoms with Gasteiger partial charge in [0.15, 0.2) is 5.59 Å². The first-order valence-corrected chi connectivity index (χ1v) is 5.20. The second-order valence-electron chi connectivity index (χ2n) is 1.48. The third kappa shape index (κ3) is 7.64. The summed E-state index contributed by atoms with van der Waals surface area (Å²) >= 11 is 0. The molecule has 0 aromatic rings. The van der Waals surface area contributed by atoms with E-state index in [0.717, 1.165) is 0 Å². The average molecular weight is 236 g/mol. The molecule has 0 aliphatic rings. The van der Waals surface area contributed by atoms with Gasteiger partial charge in [-0.3, -0.25) is 4.57 Å². The first-order chi connectivity index (χ1) is 4.15. The van der Waals surface area contributed by atoms with Gasteiger partial charge in [0, 0.05) is 0 Å². The minimum atomic E-state index is -5.59. The van der Waals surface area contributed by atoms with Crippen LogP contribution >= 0.6 is 15.2 Å². The second-order valence-corrected chi connectivity index (χ2v) is 5.12. The summed E-state index contributed by atoms with van der Waals surface area (Å²) in [6.07, 6.45) is 0. The molecule has 0 spiro atoms. The van der Waals surface area contributed by atoms with Crippen molar-refractivity contribution in [1.29, 1.82) is 0 Å². The SMILES string of the molecule is O=P([O-])([O-])C(O)P(=O)(O)O.[Na+].[Na+]. The fourth-order valence-corrected chi connectivity index (χ4v) is 1.66. The molecule has 0 bridgehead atoms. The van der Waals surface area contributed by atoms with E-state index in [1.807, 2.05) is 0 Å². The van der Waals surface area contributed by atoms with Crippen molar-refractivity contribution in [3.8, 4) is 0 Å².